The Balaban J connectivity index is 3.59. The first-order chi connectivity index (χ1) is 10.1. The Hall–Kier alpha value is -3.12. The van der Waals surface area contributed by atoms with Crippen LogP contribution in [-0.2, 0) is 4.74 Å². The van der Waals surface area contributed by atoms with E-state index in [-0.39, 0.29) is 5.57 Å². The Morgan fingerprint density at radius 2 is 1.45 bits per heavy atom. The van der Waals surface area contributed by atoms with Crippen molar-refractivity contribution in [3.8, 4) is 0 Å². The molecule has 22 heavy (non-hydrogen) atoms. The molecule has 1 aliphatic rings. The second-order valence-corrected chi connectivity index (χ2v) is 4.35. The van der Waals surface area contributed by atoms with E-state index in [1.54, 1.807) is 0 Å². The van der Waals surface area contributed by atoms with Gasteiger partial charge in [-0.3, -0.25) is 40.5 Å². The predicted molar refractivity (Wildman–Crippen MR) is 66.8 cm³/mol. The van der Waals surface area contributed by atoms with E-state index in [1.165, 1.54) is 6.92 Å². The van der Waals surface area contributed by atoms with Crippen molar-refractivity contribution in [1.29, 1.82) is 0 Å². The minimum atomic E-state index is -3.83. The van der Waals surface area contributed by atoms with Gasteiger partial charge in [-0.15, -0.1) is 0 Å². The molecule has 0 aromatic carbocycles. The van der Waals surface area contributed by atoms with Crippen LogP contribution in [0.4, 0.5) is 0 Å². The zero-order valence-electron chi connectivity index (χ0n) is 11.3. The van der Waals surface area contributed by atoms with Gasteiger partial charge in [-0.2, -0.15) is 0 Å². The van der Waals surface area contributed by atoms with Crippen molar-refractivity contribution in [1.82, 2.24) is 0 Å². The molecule has 1 aliphatic carbocycles. The van der Waals surface area contributed by atoms with E-state index < -0.39 is 43.2 Å². The number of nitro groups is 4. The van der Waals surface area contributed by atoms with E-state index in [4.69, 9.17) is 0 Å². The largest absolute Gasteiger partial charge is 0.713 e. The molecule has 0 fully saturated rings. The highest BCUT2D eigenvalue weighted by molar-refractivity contribution is 5.27. The van der Waals surface area contributed by atoms with Gasteiger partial charge in [-0.05, 0) is 13.0 Å². The second kappa shape index (κ2) is 5.71. The topological polar surface area (TPSA) is 182 Å². The minimum absolute atomic E-state index is 0.106. The molecule has 0 spiro atoms. The van der Waals surface area contributed by atoms with Gasteiger partial charge >= 0.3 is 5.79 Å². The number of ether oxygens (including phenoxy) is 1. The quantitative estimate of drug-likeness (QED) is 0.286. The maximum Gasteiger partial charge on any atom is 0.713 e. The smallest absolute Gasteiger partial charge is 0.500 e. The van der Waals surface area contributed by atoms with Gasteiger partial charge in [0.05, 0.1) is 7.11 Å². The van der Waals surface area contributed by atoms with Crippen molar-refractivity contribution in [2.24, 2.45) is 5.92 Å². The number of nitrogens with zero attached hydrogens (tertiary/aromatic N) is 4. The average Bonchev–Trinajstić information content (AvgIpc) is 2.37. The summed E-state index contributed by atoms with van der Waals surface area (Å²) in [4.78, 5) is 38.3. The monoisotopic (exact) mass is 318 g/mol. The molecule has 0 saturated carbocycles. The molecule has 1 rings (SSSR count). The zero-order valence-corrected chi connectivity index (χ0v) is 11.3. The van der Waals surface area contributed by atoms with Crippen LogP contribution in [0.15, 0.2) is 23.5 Å². The molecule has 0 aromatic heterocycles. The Morgan fingerprint density at radius 3 is 1.77 bits per heavy atom. The summed E-state index contributed by atoms with van der Waals surface area (Å²) in [6.07, 6.45) is 1.53. The van der Waals surface area contributed by atoms with E-state index in [0.717, 1.165) is 19.3 Å². The zero-order chi connectivity index (χ0) is 17.2. The maximum atomic E-state index is 11.1. The fraction of sp³-hybridized carbons (Fsp3) is 0.556. The third-order valence-corrected chi connectivity index (χ3v) is 3.21. The van der Waals surface area contributed by atoms with Crippen LogP contribution in [0.3, 0.4) is 0 Å². The number of hydrogen-bond acceptors (Lipinski definition) is 9. The first-order valence-electron chi connectivity index (χ1n) is 5.61. The average molecular weight is 318 g/mol. The van der Waals surface area contributed by atoms with Crippen molar-refractivity contribution >= 4 is 0 Å². The normalized spacial score (nSPS) is 21.4. The van der Waals surface area contributed by atoms with Crippen LogP contribution < -0.4 is 0 Å². The fourth-order valence-electron chi connectivity index (χ4n) is 2.10. The van der Waals surface area contributed by atoms with E-state index >= 15 is 0 Å². The van der Waals surface area contributed by atoms with Gasteiger partial charge in [0.25, 0.3) is 12.0 Å². The van der Waals surface area contributed by atoms with Crippen LogP contribution in [0.1, 0.15) is 6.92 Å². The van der Waals surface area contributed by atoms with Gasteiger partial charge in [0.15, 0.2) is 14.8 Å². The highest BCUT2D eigenvalue weighted by atomic mass is 16.7. The molecule has 2 atom stereocenters. The van der Waals surface area contributed by atoms with E-state index in [9.17, 15) is 40.5 Å². The molecule has 0 heterocycles. The van der Waals surface area contributed by atoms with Crippen molar-refractivity contribution in [3.05, 3.63) is 63.9 Å². The Kier molecular flexibility index (Phi) is 4.39. The van der Waals surface area contributed by atoms with Crippen LogP contribution in [0.25, 0.3) is 0 Å². The highest BCUT2D eigenvalue weighted by Crippen LogP contribution is 2.36. The predicted octanol–water partition coefficient (Wildman–Crippen LogP) is 0.222. The van der Waals surface area contributed by atoms with E-state index in [0.29, 0.717) is 0 Å². The van der Waals surface area contributed by atoms with Crippen molar-refractivity contribution in [2.45, 2.75) is 18.8 Å². The lowest BCUT2D eigenvalue weighted by atomic mass is 9.88. The lowest BCUT2D eigenvalue weighted by Crippen LogP contribution is -2.59. The molecule has 0 aromatic rings. The standard InChI is InChI=1S/C9H10N4O9/c1-5-3-6(8(22-2)4-7(5)10(14)15)9(11(16)17,12(18)19)13(20)21/h3-4,6-7H,1-2H3/t6-,7-/m0/s1. The third-order valence-electron chi connectivity index (χ3n) is 3.21. The Morgan fingerprint density at radius 1 is 1.00 bits per heavy atom. The summed E-state index contributed by atoms with van der Waals surface area (Å²) in [6, 6.07) is -1.44. The van der Waals surface area contributed by atoms with Gasteiger partial charge in [-0.1, -0.05) is 0 Å². The number of methoxy groups -OCH3 is 1. The third kappa shape index (κ3) is 2.32. The molecule has 13 nitrogen and oxygen atoms in total. The van der Waals surface area contributed by atoms with Crippen LogP contribution in [0.2, 0.25) is 0 Å². The molecule has 0 amide bonds. The Labute approximate surface area is 121 Å². The summed E-state index contributed by atoms with van der Waals surface area (Å²) >= 11 is 0. The molecule has 0 bridgehead atoms. The molecule has 0 N–H and O–H groups in total. The van der Waals surface area contributed by atoms with Crippen LogP contribution in [0, 0.1) is 46.4 Å². The summed E-state index contributed by atoms with van der Waals surface area (Å²) in [5.41, 5.74) is -0.106. The molecule has 0 saturated heterocycles. The fourth-order valence-corrected chi connectivity index (χ4v) is 2.10. The van der Waals surface area contributed by atoms with Gasteiger partial charge in [0.2, 0.25) is 0 Å². The number of rotatable bonds is 6. The van der Waals surface area contributed by atoms with E-state index in [2.05, 4.69) is 4.74 Å². The lowest BCUT2D eigenvalue weighted by molar-refractivity contribution is -0.975. The lowest BCUT2D eigenvalue weighted by Gasteiger charge is -2.22. The Bertz CT molecular complexity index is 574. The second-order valence-electron chi connectivity index (χ2n) is 4.35. The molecule has 0 unspecified atom stereocenters. The number of hydrogen-bond donors (Lipinski definition) is 0. The van der Waals surface area contributed by atoms with Crippen molar-refractivity contribution in [3.63, 3.8) is 0 Å². The van der Waals surface area contributed by atoms with Crippen molar-refractivity contribution < 1.29 is 24.4 Å². The van der Waals surface area contributed by atoms with Gasteiger partial charge in [0.1, 0.15) is 5.76 Å². The molecular formula is C9H10N4O9. The van der Waals surface area contributed by atoms with Gasteiger partial charge in [-0.25, -0.2) is 0 Å². The summed E-state index contributed by atoms with van der Waals surface area (Å²) in [6.45, 7) is 1.19. The summed E-state index contributed by atoms with van der Waals surface area (Å²) < 4.78 is 4.69. The molecule has 0 aliphatic heterocycles. The first-order valence-corrected chi connectivity index (χ1v) is 5.61. The van der Waals surface area contributed by atoms with Crippen LogP contribution >= 0.6 is 0 Å². The minimum Gasteiger partial charge on any atom is -0.500 e. The highest BCUT2D eigenvalue weighted by Gasteiger charge is 2.77. The summed E-state index contributed by atoms with van der Waals surface area (Å²) in [5.74, 6) is -6.43. The molecule has 0 radical (unpaired) electrons. The summed E-state index contributed by atoms with van der Waals surface area (Å²) in [7, 11) is 0.953. The molecular weight excluding hydrogens is 308 g/mol. The molecule has 120 valence electrons. The van der Waals surface area contributed by atoms with Crippen molar-refractivity contribution in [2.75, 3.05) is 7.11 Å². The SMILES string of the molecule is COC1=C[C@H]([N+](=O)[O-])C(C)=C[C@@H]1C([N+](=O)[O-])([N+](=O)[O-])[N+](=O)[O-]. The van der Waals surface area contributed by atoms with Gasteiger partial charge < -0.3 is 4.74 Å². The van der Waals surface area contributed by atoms with E-state index in [1.807, 2.05) is 0 Å². The first kappa shape index (κ1) is 16.9. The van der Waals surface area contributed by atoms with Crippen LogP contribution in [0.5, 0.6) is 0 Å². The van der Waals surface area contributed by atoms with Gasteiger partial charge in [0, 0.05) is 16.6 Å². The van der Waals surface area contributed by atoms with Crippen LogP contribution in [-0.4, -0.2) is 38.6 Å². The summed E-state index contributed by atoms with van der Waals surface area (Å²) in [5, 5.41) is 44.0. The molecule has 13 heteroatoms. The maximum absolute atomic E-state index is 11.1.